The van der Waals surface area contributed by atoms with Gasteiger partial charge in [-0.25, -0.2) is 9.97 Å². The van der Waals surface area contributed by atoms with E-state index in [4.69, 9.17) is 5.73 Å². The lowest BCUT2D eigenvalue weighted by Crippen LogP contribution is -2.07. The molecule has 0 aliphatic carbocycles. The summed E-state index contributed by atoms with van der Waals surface area (Å²) in [6.07, 6.45) is 6.26. The van der Waals surface area contributed by atoms with E-state index < -0.39 is 0 Å². The van der Waals surface area contributed by atoms with Crippen LogP contribution in [0.3, 0.4) is 0 Å². The van der Waals surface area contributed by atoms with E-state index in [1.54, 1.807) is 12.4 Å². The van der Waals surface area contributed by atoms with Gasteiger partial charge in [0.15, 0.2) is 0 Å². The van der Waals surface area contributed by atoms with Gasteiger partial charge in [-0.2, -0.15) is 0 Å². The summed E-state index contributed by atoms with van der Waals surface area (Å²) in [5.41, 5.74) is 9.12. The van der Waals surface area contributed by atoms with Gasteiger partial charge in [0.25, 0.3) is 0 Å². The van der Waals surface area contributed by atoms with Crippen LogP contribution in [-0.2, 0) is 12.8 Å². The fraction of sp³-hybridized carbons (Fsp3) is 0.357. The van der Waals surface area contributed by atoms with Crippen LogP contribution in [0, 0.1) is 6.92 Å². The van der Waals surface area contributed by atoms with Crippen molar-refractivity contribution in [3.8, 4) is 0 Å². The molecule has 4 heteroatoms. The van der Waals surface area contributed by atoms with Crippen molar-refractivity contribution in [3.63, 3.8) is 0 Å². The highest BCUT2D eigenvalue weighted by Crippen LogP contribution is 2.16. The lowest BCUT2D eigenvalue weighted by atomic mass is 10.1. The van der Waals surface area contributed by atoms with E-state index in [1.807, 2.05) is 19.1 Å². The van der Waals surface area contributed by atoms with Crippen molar-refractivity contribution < 1.29 is 0 Å². The minimum Gasteiger partial charge on any atom is -0.383 e. The average Bonchev–Trinajstić information content (AvgIpc) is 2.37. The topological polar surface area (TPSA) is 64.7 Å². The molecule has 0 aliphatic rings. The van der Waals surface area contributed by atoms with Gasteiger partial charge in [-0.3, -0.25) is 4.98 Å². The highest BCUT2D eigenvalue weighted by Gasteiger charge is 2.09. The zero-order valence-corrected chi connectivity index (χ0v) is 10.8. The number of rotatable bonds is 4. The largest absolute Gasteiger partial charge is 0.383 e. The Morgan fingerprint density at radius 2 is 1.89 bits per heavy atom. The molecular formula is C14H18N4. The smallest absolute Gasteiger partial charge is 0.131 e. The van der Waals surface area contributed by atoms with E-state index in [0.717, 1.165) is 36.3 Å². The van der Waals surface area contributed by atoms with Crippen LogP contribution >= 0.6 is 0 Å². The predicted molar refractivity (Wildman–Crippen MR) is 72.2 cm³/mol. The molecule has 0 atom stereocenters. The molecule has 94 valence electrons. The van der Waals surface area contributed by atoms with Gasteiger partial charge in [0, 0.05) is 30.8 Å². The minimum absolute atomic E-state index is 0.595. The highest BCUT2D eigenvalue weighted by atomic mass is 15.0. The lowest BCUT2D eigenvalue weighted by molar-refractivity contribution is 0.814. The average molecular weight is 242 g/mol. The first-order chi connectivity index (χ1) is 8.70. The monoisotopic (exact) mass is 242 g/mol. The lowest BCUT2D eigenvalue weighted by Gasteiger charge is -2.09. The third kappa shape index (κ3) is 2.83. The first kappa shape index (κ1) is 12.5. The fourth-order valence-electron chi connectivity index (χ4n) is 1.84. The van der Waals surface area contributed by atoms with Crippen LogP contribution in [0.25, 0.3) is 0 Å². The SMILES string of the molecule is CCCc1nc(N)c(C)c(Cc2ccncc2)n1. The molecule has 0 radical (unpaired) electrons. The number of aromatic nitrogens is 3. The number of hydrogen-bond donors (Lipinski definition) is 1. The molecule has 2 aromatic heterocycles. The molecule has 0 amide bonds. The Bertz CT molecular complexity index is 523. The van der Waals surface area contributed by atoms with Crippen LogP contribution in [0.5, 0.6) is 0 Å². The summed E-state index contributed by atoms with van der Waals surface area (Å²) < 4.78 is 0. The third-order valence-corrected chi connectivity index (χ3v) is 2.93. The van der Waals surface area contributed by atoms with Crippen molar-refractivity contribution in [2.75, 3.05) is 5.73 Å². The Kier molecular flexibility index (Phi) is 3.87. The molecule has 0 bridgehead atoms. The van der Waals surface area contributed by atoms with E-state index in [0.29, 0.717) is 5.82 Å². The normalized spacial score (nSPS) is 10.6. The van der Waals surface area contributed by atoms with Crippen molar-refractivity contribution >= 4 is 5.82 Å². The molecule has 4 nitrogen and oxygen atoms in total. The maximum Gasteiger partial charge on any atom is 0.131 e. The maximum atomic E-state index is 5.94. The van der Waals surface area contributed by atoms with Crippen LogP contribution < -0.4 is 5.73 Å². The van der Waals surface area contributed by atoms with Crippen molar-refractivity contribution in [3.05, 3.63) is 47.2 Å². The molecule has 0 spiro atoms. The van der Waals surface area contributed by atoms with Gasteiger partial charge in [0.1, 0.15) is 11.6 Å². The van der Waals surface area contributed by atoms with Crippen LogP contribution in [0.4, 0.5) is 5.82 Å². The van der Waals surface area contributed by atoms with Crippen LogP contribution in [0.2, 0.25) is 0 Å². The Hall–Kier alpha value is -1.97. The minimum atomic E-state index is 0.595. The van der Waals surface area contributed by atoms with Crippen LogP contribution in [0.15, 0.2) is 24.5 Å². The van der Waals surface area contributed by atoms with E-state index in [2.05, 4.69) is 21.9 Å². The Morgan fingerprint density at radius 1 is 1.17 bits per heavy atom. The Morgan fingerprint density at radius 3 is 2.56 bits per heavy atom. The number of pyridine rings is 1. The molecule has 2 rings (SSSR count). The Balaban J connectivity index is 2.31. The molecule has 0 aromatic carbocycles. The maximum absolute atomic E-state index is 5.94. The molecule has 18 heavy (non-hydrogen) atoms. The summed E-state index contributed by atoms with van der Waals surface area (Å²) >= 11 is 0. The summed E-state index contributed by atoms with van der Waals surface area (Å²) in [6, 6.07) is 3.99. The molecule has 2 aromatic rings. The number of nitrogen functional groups attached to an aromatic ring is 1. The number of nitrogens with zero attached hydrogens (tertiary/aromatic N) is 3. The Labute approximate surface area is 107 Å². The zero-order chi connectivity index (χ0) is 13.0. The second-order valence-electron chi connectivity index (χ2n) is 4.38. The van der Waals surface area contributed by atoms with Crippen molar-refractivity contribution in [2.24, 2.45) is 0 Å². The number of hydrogen-bond acceptors (Lipinski definition) is 4. The molecule has 0 saturated carbocycles. The molecule has 2 N–H and O–H groups in total. The summed E-state index contributed by atoms with van der Waals surface area (Å²) in [4.78, 5) is 12.9. The van der Waals surface area contributed by atoms with Gasteiger partial charge in [0.2, 0.25) is 0 Å². The van der Waals surface area contributed by atoms with Crippen molar-refractivity contribution in [2.45, 2.75) is 33.1 Å². The van der Waals surface area contributed by atoms with Crippen molar-refractivity contribution in [1.29, 1.82) is 0 Å². The van der Waals surface area contributed by atoms with E-state index in [1.165, 1.54) is 5.56 Å². The quantitative estimate of drug-likeness (QED) is 0.893. The summed E-state index contributed by atoms with van der Waals surface area (Å²) in [7, 11) is 0. The molecule has 2 heterocycles. The summed E-state index contributed by atoms with van der Waals surface area (Å²) in [5, 5.41) is 0. The van der Waals surface area contributed by atoms with Gasteiger partial charge in [-0.15, -0.1) is 0 Å². The van der Waals surface area contributed by atoms with Gasteiger partial charge in [0.05, 0.1) is 5.69 Å². The number of anilines is 1. The molecule has 0 unspecified atom stereocenters. The first-order valence-electron chi connectivity index (χ1n) is 6.21. The first-order valence-corrected chi connectivity index (χ1v) is 6.21. The van der Waals surface area contributed by atoms with E-state index in [-0.39, 0.29) is 0 Å². The highest BCUT2D eigenvalue weighted by molar-refractivity contribution is 5.42. The van der Waals surface area contributed by atoms with E-state index in [9.17, 15) is 0 Å². The zero-order valence-electron chi connectivity index (χ0n) is 10.8. The fourth-order valence-corrected chi connectivity index (χ4v) is 1.84. The second kappa shape index (κ2) is 5.58. The predicted octanol–water partition coefficient (Wildman–Crippen LogP) is 2.31. The molecule has 0 aliphatic heterocycles. The molecular weight excluding hydrogens is 224 g/mol. The van der Waals surface area contributed by atoms with E-state index >= 15 is 0 Å². The number of nitrogens with two attached hydrogens (primary N) is 1. The standard InChI is InChI=1S/C14H18N4/c1-3-4-13-17-12(10(2)14(15)18-13)9-11-5-7-16-8-6-11/h5-8H,3-4,9H2,1-2H3,(H2,15,17,18). The van der Waals surface area contributed by atoms with Gasteiger partial charge < -0.3 is 5.73 Å². The van der Waals surface area contributed by atoms with Gasteiger partial charge in [-0.1, -0.05) is 6.92 Å². The number of aryl methyl sites for hydroxylation is 1. The van der Waals surface area contributed by atoms with Gasteiger partial charge >= 0.3 is 0 Å². The second-order valence-corrected chi connectivity index (χ2v) is 4.38. The summed E-state index contributed by atoms with van der Waals surface area (Å²) in [6.45, 7) is 4.09. The summed E-state index contributed by atoms with van der Waals surface area (Å²) in [5.74, 6) is 1.43. The van der Waals surface area contributed by atoms with Crippen molar-refractivity contribution in [1.82, 2.24) is 15.0 Å². The molecule has 0 fully saturated rings. The molecule has 0 saturated heterocycles. The third-order valence-electron chi connectivity index (χ3n) is 2.93. The van der Waals surface area contributed by atoms with Gasteiger partial charge in [-0.05, 0) is 31.0 Å². The van der Waals surface area contributed by atoms with Crippen LogP contribution in [-0.4, -0.2) is 15.0 Å². The van der Waals surface area contributed by atoms with Crippen LogP contribution in [0.1, 0.15) is 36.0 Å².